The van der Waals surface area contributed by atoms with Gasteiger partial charge in [-0.2, -0.15) is 4.98 Å². The van der Waals surface area contributed by atoms with E-state index in [1.165, 1.54) is 6.33 Å². The zero-order chi connectivity index (χ0) is 16.4. The summed E-state index contributed by atoms with van der Waals surface area (Å²) >= 11 is 0. The number of morpholine rings is 1. The first-order valence-corrected chi connectivity index (χ1v) is 7.79. The highest BCUT2D eigenvalue weighted by Crippen LogP contribution is 2.26. The molecule has 0 amide bonds. The number of hydrogen-bond acceptors (Lipinski definition) is 7. The third kappa shape index (κ3) is 3.17. The second-order valence-corrected chi connectivity index (χ2v) is 5.76. The molecule has 3 rings (SSSR count). The second-order valence-electron chi connectivity index (χ2n) is 5.76. The summed E-state index contributed by atoms with van der Waals surface area (Å²) in [6, 6.07) is 0. The molecule has 0 radical (unpaired) electrons. The summed E-state index contributed by atoms with van der Waals surface area (Å²) in [7, 11) is 0. The van der Waals surface area contributed by atoms with Gasteiger partial charge in [-0.3, -0.25) is 0 Å². The Bertz CT molecular complexity index is 676. The number of halogens is 1. The number of ether oxygens (including phenoxy) is 1. The first-order chi connectivity index (χ1) is 11.1. The zero-order valence-electron chi connectivity index (χ0n) is 13.5. The zero-order valence-corrected chi connectivity index (χ0v) is 13.5. The second kappa shape index (κ2) is 6.57. The summed E-state index contributed by atoms with van der Waals surface area (Å²) in [6.45, 7) is 7.25. The van der Waals surface area contributed by atoms with Crippen molar-refractivity contribution < 1.29 is 13.7 Å². The Labute approximate surface area is 133 Å². The molecular weight excluding hydrogens is 301 g/mol. The minimum atomic E-state index is -0.369. The smallest absolute Gasteiger partial charge is 0.229 e. The monoisotopic (exact) mass is 321 g/mol. The summed E-state index contributed by atoms with van der Waals surface area (Å²) < 4.78 is 25.4. The largest absolute Gasteiger partial charge is 0.366 e. The molecule has 1 saturated heterocycles. The molecule has 1 aliphatic rings. The van der Waals surface area contributed by atoms with Crippen molar-refractivity contribution in [1.82, 2.24) is 20.1 Å². The molecule has 0 unspecified atom stereocenters. The van der Waals surface area contributed by atoms with Crippen LogP contribution in [0.5, 0.6) is 0 Å². The van der Waals surface area contributed by atoms with Crippen molar-refractivity contribution >= 4 is 5.82 Å². The minimum Gasteiger partial charge on any atom is -0.366 e. The van der Waals surface area contributed by atoms with Gasteiger partial charge in [0.1, 0.15) is 12.4 Å². The lowest BCUT2D eigenvalue weighted by molar-refractivity contribution is 0.0321. The highest BCUT2D eigenvalue weighted by Gasteiger charge is 2.29. The van der Waals surface area contributed by atoms with Crippen molar-refractivity contribution in [1.29, 1.82) is 0 Å². The summed E-state index contributed by atoms with van der Waals surface area (Å²) in [6.07, 6.45) is 1.56. The van der Waals surface area contributed by atoms with E-state index >= 15 is 0 Å². The molecule has 2 aromatic rings. The first-order valence-electron chi connectivity index (χ1n) is 7.79. The van der Waals surface area contributed by atoms with Crippen LogP contribution in [-0.2, 0) is 11.2 Å². The van der Waals surface area contributed by atoms with Crippen LogP contribution in [0.2, 0.25) is 0 Å². The van der Waals surface area contributed by atoms with E-state index < -0.39 is 0 Å². The summed E-state index contributed by atoms with van der Waals surface area (Å²) in [4.78, 5) is 14.3. The Morgan fingerprint density at radius 1 is 1.39 bits per heavy atom. The normalized spacial score (nSPS) is 18.7. The third-order valence-electron chi connectivity index (χ3n) is 3.78. The van der Waals surface area contributed by atoms with E-state index in [2.05, 4.69) is 20.1 Å². The number of aryl methyl sites for hydroxylation is 1. The van der Waals surface area contributed by atoms with Gasteiger partial charge in [-0.1, -0.05) is 25.9 Å². The Balaban J connectivity index is 1.80. The van der Waals surface area contributed by atoms with Gasteiger partial charge < -0.3 is 14.2 Å². The van der Waals surface area contributed by atoms with Gasteiger partial charge >= 0.3 is 0 Å². The van der Waals surface area contributed by atoms with Crippen molar-refractivity contribution in [2.24, 2.45) is 0 Å². The third-order valence-corrected chi connectivity index (χ3v) is 3.78. The van der Waals surface area contributed by atoms with Crippen molar-refractivity contribution in [3.8, 4) is 0 Å². The maximum absolute atomic E-state index is 14.4. The standard InChI is InChI=1S/C15H20FN5O2/c1-4-10-12(16)14(18-8-17-10)21-5-6-22-11(7-21)13-19-15(9(2)3)23-20-13/h8-9,11H,4-7H2,1-3H3/t11-/m1/s1. The lowest BCUT2D eigenvalue weighted by Gasteiger charge is -2.32. The number of aromatic nitrogens is 4. The van der Waals surface area contributed by atoms with Crippen LogP contribution in [0.4, 0.5) is 10.2 Å². The van der Waals surface area contributed by atoms with E-state index in [9.17, 15) is 4.39 Å². The van der Waals surface area contributed by atoms with Gasteiger partial charge in [0.05, 0.1) is 18.8 Å². The fourth-order valence-corrected chi connectivity index (χ4v) is 2.47. The number of nitrogens with zero attached hydrogens (tertiary/aromatic N) is 5. The number of rotatable bonds is 4. The molecule has 1 atom stereocenters. The Morgan fingerprint density at radius 2 is 2.22 bits per heavy atom. The highest BCUT2D eigenvalue weighted by atomic mass is 19.1. The molecule has 7 nitrogen and oxygen atoms in total. The molecule has 1 fully saturated rings. The van der Waals surface area contributed by atoms with Gasteiger partial charge in [0.2, 0.25) is 11.7 Å². The molecule has 0 saturated carbocycles. The molecule has 3 heterocycles. The van der Waals surface area contributed by atoms with Crippen molar-refractivity contribution in [3.63, 3.8) is 0 Å². The van der Waals surface area contributed by atoms with E-state index in [1.807, 2.05) is 25.7 Å². The summed E-state index contributed by atoms with van der Waals surface area (Å²) in [5, 5.41) is 3.98. The maximum atomic E-state index is 14.4. The van der Waals surface area contributed by atoms with E-state index in [1.54, 1.807) is 0 Å². The molecule has 124 valence electrons. The molecule has 0 aliphatic carbocycles. The Kier molecular flexibility index (Phi) is 4.51. The topological polar surface area (TPSA) is 77.2 Å². The predicted molar refractivity (Wildman–Crippen MR) is 80.7 cm³/mol. The van der Waals surface area contributed by atoms with Crippen molar-refractivity contribution in [2.75, 3.05) is 24.6 Å². The molecule has 0 spiro atoms. The van der Waals surface area contributed by atoms with Crippen LogP contribution in [-0.4, -0.2) is 39.8 Å². The van der Waals surface area contributed by atoms with Crippen LogP contribution in [0.1, 0.15) is 50.2 Å². The minimum absolute atomic E-state index is 0.155. The number of anilines is 1. The molecular formula is C15H20FN5O2. The SMILES string of the molecule is CCc1ncnc(N2CCO[C@@H](c3noc(C(C)C)n3)C2)c1F. The van der Waals surface area contributed by atoms with Crippen LogP contribution in [0.15, 0.2) is 10.9 Å². The number of hydrogen-bond donors (Lipinski definition) is 0. The fourth-order valence-electron chi connectivity index (χ4n) is 2.47. The van der Waals surface area contributed by atoms with E-state index in [4.69, 9.17) is 9.26 Å². The lowest BCUT2D eigenvalue weighted by atomic mass is 10.2. The van der Waals surface area contributed by atoms with Gasteiger partial charge in [0.25, 0.3) is 0 Å². The molecule has 0 N–H and O–H groups in total. The molecule has 0 aromatic carbocycles. The summed E-state index contributed by atoms with van der Waals surface area (Å²) in [5.41, 5.74) is 0.416. The van der Waals surface area contributed by atoms with Crippen LogP contribution in [0.25, 0.3) is 0 Å². The van der Waals surface area contributed by atoms with Crippen LogP contribution < -0.4 is 4.90 Å². The average Bonchev–Trinajstić information content (AvgIpc) is 3.05. The Morgan fingerprint density at radius 3 is 2.91 bits per heavy atom. The van der Waals surface area contributed by atoms with Gasteiger partial charge in [-0.15, -0.1) is 0 Å². The molecule has 2 aromatic heterocycles. The predicted octanol–water partition coefficient (Wildman–Crippen LogP) is 2.26. The van der Waals surface area contributed by atoms with Crippen molar-refractivity contribution in [3.05, 3.63) is 29.6 Å². The van der Waals surface area contributed by atoms with E-state index in [0.29, 0.717) is 49.3 Å². The van der Waals surface area contributed by atoms with Gasteiger partial charge in [0, 0.05) is 12.5 Å². The first kappa shape index (κ1) is 15.8. The molecule has 23 heavy (non-hydrogen) atoms. The summed E-state index contributed by atoms with van der Waals surface area (Å²) in [5.74, 6) is 1.15. The lowest BCUT2D eigenvalue weighted by Crippen LogP contribution is -2.40. The molecule has 0 bridgehead atoms. The van der Waals surface area contributed by atoms with Gasteiger partial charge in [-0.05, 0) is 6.42 Å². The van der Waals surface area contributed by atoms with Gasteiger partial charge in [0.15, 0.2) is 11.6 Å². The Hall–Kier alpha value is -2.09. The van der Waals surface area contributed by atoms with Crippen molar-refractivity contribution in [2.45, 2.75) is 39.2 Å². The molecule has 1 aliphatic heterocycles. The highest BCUT2D eigenvalue weighted by molar-refractivity contribution is 5.41. The van der Waals surface area contributed by atoms with E-state index in [-0.39, 0.29) is 17.8 Å². The van der Waals surface area contributed by atoms with E-state index in [0.717, 1.165) is 0 Å². The van der Waals surface area contributed by atoms with Crippen LogP contribution in [0.3, 0.4) is 0 Å². The maximum Gasteiger partial charge on any atom is 0.229 e. The van der Waals surface area contributed by atoms with Gasteiger partial charge in [-0.25, -0.2) is 14.4 Å². The fraction of sp³-hybridized carbons (Fsp3) is 0.600. The quantitative estimate of drug-likeness (QED) is 0.854. The molecule has 8 heteroatoms. The van der Waals surface area contributed by atoms with Crippen LogP contribution in [0, 0.1) is 5.82 Å². The van der Waals surface area contributed by atoms with Crippen LogP contribution >= 0.6 is 0 Å². The average molecular weight is 321 g/mol.